The van der Waals surface area contributed by atoms with E-state index in [4.69, 9.17) is 5.73 Å². The van der Waals surface area contributed by atoms with Crippen LogP contribution in [-0.4, -0.2) is 18.3 Å². The average Bonchev–Trinajstić information content (AvgIpc) is 2.51. The quantitative estimate of drug-likeness (QED) is 0.625. The molecule has 0 saturated heterocycles. The molecule has 2 nitrogen and oxygen atoms in total. The van der Waals surface area contributed by atoms with Gasteiger partial charge in [-0.3, -0.25) is 0 Å². The third-order valence-corrected chi connectivity index (χ3v) is 4.88. The van der Waals surface area contributed by atoms with E-state index >= 15 is 0 Å². The molecule has 1 aromatic carbocycles. The van der Waals surface area contributed by atoms with Crippen molar-refractivity contribution in [3.05, 3.63) is 35.4 Å². The summed E-state index contributed by atoms with van der Waals surface area (Å²) in [7, 11) is 0. The molecule has 1 unspecified atom stereocenters. The number of aliphatic hydroxyl groups is 1. The first-order valence-electron chi connectivity index (χ1n) is 8.98. The summed E-state index contributed by atoms with van der Waals surface area (Å²) in [5, 5.41) is 9.54. The molecule has 0 bridgehead atoms. The molecule has 0 aliphatic heterocycles. The highest BCUT2D eigenvalue weighted by molar-refractivity contribution is 5.27. The molecule has 0 fully saturated rings. The van der Waals surface area contributed by atoms with Crippen LogP contribution < -0.4 is 5.73 Å². The van der Waals surface area contributed by atoms with Crippen LogP contribution in [0, 0.1) is 5.41 Å². The Morgan fingerprint density at radius 2 is 1.82 bits per heavy atom. The zero-order valence-corrected chi connectivity index (χ0v) is 14.8. The summed E-state index contributed by atoms with van der Waals surface area (Å²) in [4.78, 5) is 0. The zero-order chi connectivity index (χ0) is 16.4. The lowest BCUT2D eigenvalue weighted by Gasteiger charge is -2.29. The lowest BCUT2D eigenvalue weighted by Crippen LogP contribution is -2.17. The third-order valence-electron chi connectivity index (χ3n) is 4.88. The number of rotatable bonds is 11. The zero-order valence-electron chi connectivity index (χ0n) is 14.8. The van der Waals surface area contributed by atoms with Crippen molar-refractivity contribution in [2.45, 2.75) is 71.6 Å². The largest absolute Gasteiger partial charge is 0.396 e. The van der Waals surface area contributed by atoms with E-state index in [-0.39, 0.29) is 12.5 Å². The predicted octanol–water partition coefficient (Wildman–Crippen LogP) is 4.65. The Kier molecular flexibility index (Phi) is 8.74. The van der Waals surface area contributed by atoms with Crippen LogP contribution in [0.25, 0.3) is 0 Å². The highest BCUT2D eigenvalue weighted by atomic mass is 16.3. The van der Waals surface area contributed by atoms with E-state index in [2.05, 4.69) is 45.0 Å². The van der Waals surface area contributed by atoms with Gasteiger partial charge in [0.1, 0.15) is 0 Å². The maximum absolute atomic E-state index is 9.54. The maximum Gasteiger partial charge on any atom is 0.0500 e. The highest BCUT2D eigenvalue weighted by Gasteiger charge is 2.22. The third kappa shape index (κ3) is 6.10. The van der Waals surface area contributed by atoms with Crippen LogP contribution in [0.2, 0.25) is 0 Å². The monoisotopic (exact) mass is 305 g/mol. The molecule has 0 radical (unpaired) electrons. The summed E-state index contributed by atoms with van der Waals surface area (Å²) in [6, 6.07) is 8.74. The van der Waals surface area contributed by atoms with E-state index in [1.54, 1.807) is 0 Å². The van der Waals surface area contributed by atoms with Crippen molar-refractivity contribution in [1.82, 2.24) is 0 Å². The molecular weight excluding hydrogens is 270 g/mol. The van der Waals surface area contributed by atoms with Crippen LogP contribution in [0.5, 0.6) is 0 Å². The minimum atomic E-state index is 0.183. The van der Waals surface area contributed by atoms with E-state index in [0.717, 1.165) is 12.8 Å². The first kappa shape index (κ1) is 19.2. The van der Waals surface area contributed by atoms with E-state index in [9.17, 15) is 5.11 Å². The SMILES string of the molecule is CCCC(C)(CCC)CCc1cccc(C(CO)CCN)c1. The standard InChI is InChI=1S/C20H35NO/c1-4-11-20(3,12-5-2)13-9-17-7-6-8-18(15-17)19(16-22)10-14-21/h6-8,15,19,22H,4-5,9-14,16,21H2,1-3H3. The molecule has 2 heteroatoms. The molecule has 0 saturated carbocycles. The normalized spacial score (nSPS) is 13.3. The van der Waals surface area contributed by atoms with Crippen LogP contribution in [0.3, 0.4) is 0 Å². The predicted molar refractivity (Wildman–Crippen MR) is 96.2 cm³/mol. The Hall–Kier alpha value is -0.860. The number of benzene rings is 1. The Morgan fingerprint density at radius 3 is 2.36 bits per heavy atom. The summed E-state index contributed by atoms with van der Waals surface area (Å²) in [6.45, 7) is 7.82. The van der Waals surface area contributed by atoms with Crippen molar-refractivity contribution in [3.63, 3.8) is 0 Å². The fraction of sp³-hybridized carbons (Fsp3) is 0.700. The number of hydrogen-bond acceptors (Lipinski definition) is 2. The molecule has 0 aromatic heterocycles. The molecule has 0 spiro atoms. The number of aliphatic hydroxyl groups excluding tert-OH is 1. The Bertz CT molecular complexity index is 410. The molecule has 0 amide bonds. The molecule has 0 heterocycles. The highest BCUT2D eigenvalue weighted by Crippen LogP contribution is 2.34. The number of nitrogens with two attached hydrogens (primary N) is 1. The van der Waals surface area contributed by atoms with Gasteiger partial charge >= 0.3 is 0 Å². The van der Waals surface area contributed by atoms with E-state index < -0.39 is 0 Å². The van der Waals surface area contributed by atoms with Crippen LogP contribution in [0.15, 0.2) is 24.3 Å². The van der Waals surface area contributed by atoms with Crippen molar-refractivity contribution in [1.29, 1.82) is 0 Å². The van der Waals surface area contributed by atoms with Gasteiger partial charge in [-0.05, 0) is 55.2 Å². The van der Waals surface area contributed by atoms with Crippen LogP contribution in [-0.2, 0) is 6.42 Å². The second kappa shape index (κ2) is 10.0. The van der Waals surface area contributed by atoms with Crippen LogP contribution in [0.1, 0.15) is 76.3 Å². The van der Waals surface area contributed by atoms with Gasteiger partial charge in [0.25, 0.3) is 0 Å². The van der Waals surface area contributed by atoms with Gasteiger partial charge in [0, 0.05) is 12.5 Å². The minimum absolute atomic E-state index is 0.183. The molecule has 1 aromatic rings. The molecule has 126 valence electrons. The topological polar surface area (TPSA) is 46.2 Å². The Morgan fingerprint density at radius 1 is 1.14 bits per heavy atom. The molecule has 0 aliphatic rings. The van der Waals surface area contributed by atoms with E-state index in [1.165, 1.54) is 43.2 Å². The second-order valence-corrected chi connectivity index (χ2v) is 7.01. The Balaban J connectivity index is 2.73. The van der Waals surface area contributed by atoms with Gasteiger partial charge in [0.05, 0.1) is 0 Å². The summed E-state index contributed by atoms with van der Waals surface area (Å²) in [6.07, 6.45) is 8.38. The molecule has 22 heavy (non-hydrogen) atoms. The average molecular weight is 306 g/mol. The van der Waals surface area contributed by atoms with Gasteiger partial charge in [-0.25, -0.2) is 0 Å². The Labute approximate surface area is 137 Å². The maximum atomic E-state index is 9.54. The fourth-order valence-electron chi connectivity index (χ4n) is 3.60. The van der Waals surface area contributed by atoms with Crippen molar-refractivity contribution < 1.29 is 5.11 Å². The number of hydrogen-bond donors (Lipinski definition) is 2. The van der Waals surface area contributed by atoms with Gasteiger partial charge in [-0.1, -0.05) is 57.9 Å². The molecule has 1 rings (SSSR count). The summed E-state index contributed by atoms with van der Waals surface area (Å²) in [5.74, 6) is 0.183. The van der Waals surface area contributed by atoms with E-state index in [1.807, 2.05) is 0 Å². The van der Waals surface area contributed by atoms with Gasteiger partial charge < -0.3 is 10.8 Å². The van der Waals surface area contributed by atoms with Crippen molar-refractivity contribution >= 4 is 0 Å². The summed E-state index contributed by atoms with van der Waals surface area (Å²) < 4.78 is 0. The second-order valence-electron chi connectivity index (χ2n) is 7.01. The van der Waals surface area contributed by atoms with Crippen LogP contribution >= 0.6 is 0 Å². The first-order chi connectivity index (χ1) is 10.6. The van der Waals surface area contributed by atoms with Crippen LogP contribution in [0.4, 0.5) is 0 Å². The first-order valence-corrected chi connectivity index (χ1v) is 8.98. The van der Waals surface area contributed by atoms with Gasteiger partial charge in [0.15, 0.2) is 0 Å². The van der Waals surface area contributed by atoms with Gasteiger partial charge in [-0.15, -0.1) is 0 Å². The van der Waals surface area contributed by atoms with Crippen molar-refractivity contribution in [2.75, 3.05) is 13.2 Å². The minimum Gasteiger partial charge on any atom is -0.396 e. The van der Waals surface area contributed by atoms with Gasteiger partial charge in [0.2, 0.25) is 0 Å². The van der Waals surface area contributed by atoms with E-state index in [0.29, 0.717) is 12.0 Å². The lowest BCUT2D eigenvalue weighted by molar-refractivity contribution is 0.244. The number of aryl methyl sites for hydroxylation is 1. The fourth-order valence-corrected chi connectivity index (χ4v) is 3.60. The van der Waals surface area contributed by atoms with Crippen molar-refractivity contribution in [3.8, 4) is 0 Å². The molecular formula is C20H35NO. The molecule has 3 N–H and O–H groups in total. The summed E-state index contributed by atoms with van der Waals surface area (Å²) >= 11 is 0. The van der Waals surface area contributed by atoms with Gasteiger partial charge in [-0.2, -0.15) is 0 Å². The molecule has 1 atom stereocenters. The lowest BCUT2D eigenvalue weighted by atomic mass is 9.76. The summed E-state index contributed by atoms with van der Waals surface area (Å²) in [5.41, 5.74) is 8.75. The smallest absolute Gasteiger partial charge is 0.0500 e. The molecule has 0 aliphatic carbocycles. The van der Waals surface area contributed by atoms with Crippen molar-refractivity contribution in [2.24, 2.45) is 11.1 Å².